The van der Waals surface area contributed by atoms with Gasteiger partial charge in [0, 0.05) is 0 Å². The Morgan fingerprint density at radius 2 is 1.28 bits per heavy atom. The summed E-state index contributed by atoms with van der Waals surface area (Å²) in [6.07, 6.45) is 5.48. The Labute approximate surface area is 154 Å². The minimum Gasteiger partial charge on any atom is -0.465 e. The van der Waals surface area contributed by atoms with Crippen LogP contribution in [-0.2, 0) is 19.1 Å². The highest BCUT2D eigenvalue weighted by Gasteiger charge is 2.43. The maximum Gasteiger partial charge on any atom is 0.310 e. The summed E-state index contributed by atoms with van der Waals surface area (Å²) < 4.78 is 11.1. The number of esters is 2. The lowest BCUT2D eigenvalue weighted by Crippen LogP contribution is -2.41. The second-order valence-corrected chi connectivity index (χ2v) is 8.74. The maximum absolute atomic E-state index is 12.9. The molecule has 1 fully saturated rings. The molecule has 1 aliphatic carbocycles. The maximum atomic E-state index is 12.9. The van der Waals surface area contributed by atoms with Crippen LogP contribution in [0.25, 0.3) is 0 Å². The largest absolute Gasteiger partial charge is 0.465 e. The fourth-order valence-corrected chi connectivity index (χ4v) is 3.65. The standard InChI is InChI=1S/C21H38O4/c1-14(2)12-24-20(22)18(16(5)6)19(17-10-8-7-9-11-17)21(23)25-13-15(3)4/h14-19H,7-13H2,1-6H3. The van der Waals surface area contributed by atoms with Gasteiger partial charge in [-0.1, -0.05) is 60.8 Å². The number of hydrogen-bond donors (Lipinski definition) is 0. The van der Waals surface area contributed by atoms with Crippen molar-refractivity contribution in [2.45, 2.75) is 73.6 Å². The molecule has 0 saturated heterocycles. The van der Waals surface area contributed by atoms with Crippen LogP contribution in [0.15, 0.2) is 0 Å². The first kappa shape index (κ1) is 22.0. The molecule has 0 aromatic carbocycles. The van der Waals surface area contributed by atoms with Crippen molar-refractivity contribution in [2.75, 3.05) is 13.2 Å². The molecule has 2 atom stereocenters. The highest BCUT2D eigenvalue weighted by atomic mass is 16.5. The molecule has 1 rings (SSSR count). The van der Waals surface area contributed by atoms with Crippen LogP contribution in [0.5, 0.6) is 0 Å². The summed E-state index contributed by atoms with van der Waals surface area (Å²) >= 11 is 0. The number of hydrogen-bond acceptors (Lipinski definition) is 4. The van der Waals surface area contributed by atoms with E-state index >= 15 is 0 Å². The molecular weight excluding hydrogens is 316 g/mol. The predicted molar refractivity (Wildman–Crippen MR) is 100.0 cm³/mol. The SMILES string of the molecule is CC(C)COC(=O)C(C(C)C)C(C(=O)OCC(C)C)C1CCCCC1. The molecule has 1 aliphatic rings. The van der Waals surface area contributed by atoms with Gasteiger partial charge in [0.25, 0.3) is 0 Å². The van der Waals surface area contributed by atoms with E-state index in [2.05, 4.69) is 0 Å². The summed E-state index contributed by atoms with van der Waals surface area (Å²) in [5.74, 6) is -0.369. The normalized spacial score (nSPS) is 18.4. The second kappa shape index (κ2) is 10.8. The van der Waals surface area contributed by atoms with Crippen LogP contribution in [0, 0.1) is 35.5 Å². The summed E-state index contributed by atoms with van der Waals surface area (Å²) in [4.78, 5) is 25.7. The minimum absolute atomic E-state index is 0.0539. The molecule has 0 amide bonds. The zero-order valence-corrected chi connectivity index (χ0v) is 17.0. The van der Waals surface area contributed by atoms with E-state index in [1.807, 2.05) is 41.5 Å². The Hall–Kier alpha value is -1.06. The van der Waals surface area contributed by atoms with Gasteiger partial charge in [-0.25, -0.2) is 0 Å². The molecule has 0 aromatic rings. The molecule has 0 radical (unpaired) electrons. The topological polar surface area (TPSA) is 52.6 Å². The van der Waals surface area contributed by atoms with E-state index in [1.54, 1.807) is 0 Å². The van der Waals surface area contributed by atoms with Crippen LogP contribution < -0.4 is 0 Å². The molecule has 0 aromatic heterocycles. The monoisotopic (exact) mass is 354 g/mol. The van der Waals surface area contributed by atoms with Crippen LogP contribution in [0.1, 0.15) is 73.6 Å². The molecule has 0 heterocycles. The highest BCUT2D eigenvalue weighted by Crippen LogP contribution is 2.38. The Bertz CT molecular complexity index is 408. The molecule has 4 heteroatoms. The molecule has 2 unspecified atom stereocenters. The van der Waals surface area contributed by atoms with E-state index in [4.69, 9.17) is 9.47 Å². The second-order valence-electron chi connectivity index (χ2n) is 8.74. The molecule has 1 saturated carbocycles. The third kappa shape index (κ3) is 7.37. The van der Waals surface area contributed by atoms with Crippen molar-refractivity contribution < 1.29 is 19.1 Å². The van der Waals surface area contributed by atoms with Gasteiger partial charge in [-0.2, -0.15) is 0 Å². The Morgan fingerprint density at radius 1 is 0.800 bits per heavy atom. The van der Waals surface area contributed by atoms with Crippen LogP contribution in [0.2, 0.25) is 0 Å². The zero-order chi connectivity index (χ0) is 19.0. The van der Waals surface area contributed by atoms with Crippen molar-refractivity contribution in [3.05, 3.63) is 0 Å². The number of rotatable bonds is 9. The number of carbonyl (C=O) groups is 2. The fourth-order valence-electron chi connectivity index (χ4n) is 3.65. The third-order valence-electron chi connectivity index (χ3n) is 4.93. The van der Waals surface area contributed by atoms with E-state index in [1.165, 1.54) is 6.42 Å². The lowest BCUT2D eigenvalue weighted by atomic mass is 9.70. The van der Waals surface area contributed by atoms with Crippen molar-refractivity contribution in [3.8, 4) is 0 Å². The van der Waals surface area contributed by atoms with Gasteiger partial charge in [-0.05, 0) is 36.5 Å². The van der Waals surface area contributed by atoms with Crippen molar-refractivity contribution in [1.82, 2.24) is 0 Å². The highest BCUT2D eigenvalue weighted by molar-refractivity contribution is 5.82. The van der Waals surface area contributed by atoms with E-state index in [0.717, 1.165) is 25.7 Å². The average Bonchev–Trinajstić information content (AvgIpc) is 2.55. The zero-order valence-electron chi connectivity index (χ0n) is 17.0. The fraction of sp³-hybridized carbons (Fsp3) is 0.905. The Morgan fingerprint density at radius 3 is 1.72 bits per heavy atom. The van der Waals surface area contributed by atoms with Crippen LogP contribution in [0.4, 0.5) is 0 Å². The van der Waals surface area contributed by atoms with Gasteiger partial charge in [0.15, 0.2) is 0 Å². The lowest BCUT2D eigenvalue weighted by molar-refractivity contribution is -0.167. The lowest BCUT2D eigenvalue weighted by Gasteiger charge is -2.35. The Kier molecular flexibility index (Phi) is 9.52. The third-order valence-corrected chi connectivity index (χ3v) is 4.93. The molecule has 4 nitrogen and oxygen atoms in total. The van der Waals surface area contributed by atoms with E-state index in [0.29, 0.717) is 19.1 Å². The van der Waals surface area contributed by atoms with Gasteiger partial charge in [0.2, 0.25) is 0 Å². The molecule has 0 bridgehead atoms. The summed E-state index contributed by atoms with van der Waals surface area (Å²) in [5.41, 5.74) is 0. The van der Waals surface area contributed by atoms with Crippen molar-refractivity contribution >= 4 is 11.9 Å². The summed E-state index contributed by atoms with van der Waals surface area (Å²) in [5, 5.41) is 0. The van der Waals surface area contributed by atoms with E-state index in [9.17, 15) is 9.59 Å². The van der Waals surface area contributed by atoms with Crippen LogP contribution in [0.3, 0.4) is 0 Å². The average molecular weight is 355 g/mol. The van der Waals surface area contributed by atoms with Crippen molar-refractivity contribution in [1.29, 1.82) is 0 Å². The summed E-state index contributed by atoms with van der Waals surface area (Å²) in [6.45, 7) is 12.9. The molecular formula is C21H38O4. The van der Waals surface area contributed by atoms with E-state index < -0.39 is 5.92 Å². The van der Waals surface area contributed by atoms with Gasteiger partial charge in [-0.15, -0.1) is 0 Å². The number of ether oxygens (including phenoxy) is 2. The van der Waals surface area contributed by atoms with Crippen LogP contribution >= 0.6 is 0 Å². The molecule has 146 valence electrons. The first-order valence-corrected chi connectivity index (χ1v) is 10.1. The molecule has 0 aliphatic heterocycles. The van der Waals surface area contributed by atoms with Gasteiger partial charge < -0.3 is 9.47 Å². The quantitative estimate of drug-likeness (QED) is 0.555. The van der Waals surface area contributed by atoms with Crippen molar-refractivity contribution in [3.63, 3.8) is 0 Å². The van der Waals surface area contributed by atoms with Gasteiger partial charge in [-0.3, -0.25) is 9.59 Å². The molecule has 0 N–H and O–H groups in total. The van der Waals surface area contributed by atoms with E-state index in [-0.39, 0.29) is 35.6 Å². The van der Waals surface area contributed by atoms with Crippen LogP contribution in [-0.4, -0.2) is 25.2 Å². The van der Waals surface area contributed by atoms with Gasteiger partial charge >= 0.3 is 11.9 Å². The Balaban J connectivity index is 2.97. The number of carbonyl (C=O) groups excluding carboxylic acids is 2. The van der Waals surface area contributed by atoms with Gasteiger partial charge in [0.1, 0.15) is 0 Å². The first-order chi connectivity index (χ1) is 11.7. The smallest absolute Gasteiger partial charge is 0.310 e. The summed E-state index contributed by atoms with van der Waals surface area (Å²) in [7, 11) is 0. The molecule has 25 heavy (non-hydrogen) atoms. The predicted octanol–water partition coefficient (Wildman–Crippen LogP) is 4.85. The summed E-state index contributed by atoms with van der Waals surface area (Å²) in [6, 6.07) is 0. The van der Waals surface area contributed by atoms with Crippen molar-refractivity contribution in [2.24, 2.45) is 35.5 Å². The minimum atomic E-state index is -0.415. The molecule has 0 spiro atoms. The van der Waals surface area contributed by atoms with Gasteiger partial charge in [0.05, 0.1) is 25.0 Å². The first-order valence-electron chi connectivity index (χ1n) is 10.1.